The lowest BCUT2D eigenvalue weighted by molar-refractivity contribution is 0.0831. The number of hydrazine groups is 1. The van der Waals surface area contributed by atoms with Crippen LogP contribution in [-0.4, -0.2) is 16.8 Å². The molecule has 0 aliphatic heterocycles. The Morgan fingerprint density at radius 1 is 1.07 bits per heavy atom. The summed E-state index contributed by atoms with van der Waals surface area (Å²) >= 11 is 1.55. The van der Waals surface area contributed by atoms with Crippen molar-refractivity contribution in [1.29, 1.82) is 0 Å². The van der Waals surface area contributed by atoms with E-state index in [4.69, 9.17) is 9.15 Å². The van der Waals surface area contributed by atoms with Crippen LogP contribution in [0.5, 0.6) is 5.75 Å². The molecule has 0 saturated heterocycles. The second kappa shape index (κ2) is 8.38. The van der Waals surface area contributed by atoms with Crippen LogP contribution in [0.4, 0.5) is 0 Å². The summed E-state index contributed by atoms with van der Waals surface area (Å²) in [5, 5.41) is 3.76. The maximum Gasteiger partial charge on any atom is 0.305 e. The quantitative estimate of drug-likeness (QED) is 0.472. The number of benzene rings is 2. The Kier molecular flexibility index (Phi) is 5.49. The van der Waals surface area contributed by atoms with E-state index in [1.165, 1.54) is 0 Å². The molecule has 0 spiro atoms. The molecular weight excluding hydrogens is 402 g/mol. The number of para-hydroxylation sites is 1. The first-order valence-corrected chi connectivity index (χ1v) is 10.1. The SMILES string of the molecule is Cc1nc(COc2cccc(C(=O)NNC(=O)c3oc4ccccc4c3C)c2)cs1. The third kappa shape index (κ3) is 4.18. The molecule has 0 saturated carbocycles. The molecule has 2 N–H and O–H groups in total. The molecule has 4 aromatic rings. The fraction of sp³-hybridized carbons (Fsp3) is 0.136. The third-order valence-electron chi connectivity index (χ3n) is 4.49. The number of fused-ring (bicyclic) bond motifs is 1. The van der Waals surface area contributed by atoms with Gasteiger partial charge in [0.1, 0.15) is 17.9 Å². The molecule has 0 aliphatic carbocycles. The van der Waals surface area contributed by atoms with Gasteiger partial charge in [0.25, 0.3) is 5.91 Å². The predicted molar refractivity (Wildman–Crippen MR) is 114 cm³/mol. The van der Waals surface area contributed by atoms with Crippen molar-refractivity contribution >= 4 is 34.1 Å². The molecule has 2 amide bonds. The second-order valence-electron chi connectivity index (χ2n) is 6.63. The molecule has 7 nitrogen and oxygen atoms in total. The molecule has 2 aromatic carbocycles. The average Bonchev–Trinajstić information content (AvgIpc) is 3.33. The molecule has 0 atom stereocenters. The van der Waals surface area contributed by atoms with E-state index >= 15 is 0 Å². The van der Waals surface area contributed by atoms with Crippen LogP contribution in [0.1, 0.15) is 37.2 Å². The highest BCUT2D eigenvalue weighted by atomic mass is 32.1. The highest BCUT2D eigenvalue weighted by molar-refractivity contribution is 7.09. The maximum atomic E-state index is 12.4. The summed E-state index contributed by atoms with van der Waals surface area (Å²) in [4.78, 5) is 29.2. The smallest absolute Gasteiger partial charge is 0.305 e. The van der Waals surface area contributed by atoms with Crippen molar-refractivity contribution in [1.82, 2.24) is 15.8 Å². The Hall–Kier alpha value is -3.65. The van der Waals surface area contributed by atoms with Crippen LogP contribution in [0.25, 0.3) is 11.0 Å². The number of nitrogens with zero attached hydrogens (tertiary/aromatic N) is 1. The molecule has 0 unspecified atom stereocenters. The molecule has 30 heavy (non-hydrogen) atoms. The second-order valence-corrected chi connectivity index (χ2v) is 7.70. The van der Waals surface area contributed by atoms with Crippen LogP contribution in [0.3, 0.4) is 0 Å². The minimum atomic E-state index is -0.525. The molecule has 0 aliphatic rings. The van der Waals surface area contributed by atoms with E-state index in [0.717, 1.165) is 16.1 Å². The number of carbonyl (C=O) groups excluding carboxylic acids is 2. The lowest BCUT2D eigenvalue weighted by atomic mass is 10.1. The highest BCUT2D eigenvalue weighted by Gasteiger charge is 2.18. The zero-order chi connectivity index (χ0) is 21.1. The van der Waals surface area contributed by atoms with Crippen molar-refractivity contribution in [3.63, 3.8) is 0 Å². The summed E-state index contributed by atoms with van der Waals surface area (Å²) in [6.45, 7) is 4.05. The first-order valence-electron chi connectivity index (χ1n) is 9.24. The van der Waals surface area contributed by atoms with E-state index < -0.39 is 11.8 Å². The van der Waals surface area contributed by atoms with Gasteiger partial charge in [0.15, 0.2) is 5.76 Å². The van der Waals surface area contributed by atoms with Crippen molar-refractivity contribution < 1.29 is 18.7 Å². The third-order valence-corrected chi connectivity index (χ3v) is 5.31. The summed E-state index contributed by atoms with van der Waals surface area (Å²) < 4.78 is 11.3. The van der Waals surface area contributed by atoms with Gasteiger partial charge >= 0.3 is 5.91 Å². The number of carbonyl (C=O) groups is 2. The number of aromatic nitrogens is 1. The van der Waals surface area contributed by atoms with Gasteiger partial charge in [-0.05, 0) is 38.1 Å². The lowest BCUT2D eigenvalue weighted by Gasteiger charge is -2.09. The Labute approximate surface area is 176 Å². The van der Waals surface area contributed by atoms with E-state index in [1.54, 1.807) is 48.6 Å². The van der Waals surface area contributed by atoms with E-state index in [1.807, 2.05) is 30.5 Å². The Bertz CT molecular complexity index is 1230. The van der Waals surface area contributed by atoms with Gasteiger partial charge in [-0.2, -0.15) is 0 Å². The average molecular weight is 421 g/mol. The fourth-order valence-corrected chi connectivity index (χ4v) is 3.59. The van der Waals surface area contributed by atoms with E-state index in [0.29, 0.717) is 29.1 Å². The number of aryl methyl sites for hydroxylation is 2. The summed E-state index contributed by atoms with van der Waals surface area (Å²) in [5.74, 6) is -0.296. The monoisotopic (exact) mass is 421 g/mol. The van der Waals surface area contributed by atoms with Gasteiger partial charge in [0.05, 0.1) is 10.7 Å². The summed E-state index contributed by atoms with van der Waals surface area (Å²) in [6, 6.07) is 14.1. The summed E-state index contributed by atoms with van der Waals surface area (Å²) in [7, 11) is 0. The van der Waals surface area contributed by atoms with Crippen molar-refractivity contribution in [2.24, 2.45) is 0 Å². The van der Waals surface area contributed by atoms with Gasteiger partial charge in [0.2, 0.25) is 0 Å². The fourth-order valence-electron chi connectivity index (χ4n) is 2.99. The van der Waals surface area contributed by atoms with E-state index in [9.17, 15) is 9.59 Å². The molecule has 2 heterocycles. The number of ether oxygens (including phenoxy) is 1. The van der Waals surface area contributed by atoms with Crippen molar-refractivity contribution in [3.8, 4) is 5.75 Å². The molecule has 152 valence electrons. The number of hydrogen-bond donors (Lipinski definition) is 2. The van der Waals surface area contributed by atoms with Crippen molar-refractivity contribution in [2.45, 2.75) is 20.5 Å². The topological polar surface area (TPSA) is 93.5 Å². The lowest BCUT2D eigenvalue weighted by Crippen LogP contribution is -2.41. The highest BCUT2D eigenvalue weighted by Crippen LogP contribution is 2.24. The number of furan rings is 1. The Morgan fingerprint density at radius 2 is 1.87 bits per heavy atom. The number of thiazole rings is 1. The maximum absolute atomic E-state index is 12.4. The molecule has 2 aromatic heterocycles. The van der Waals surface area contributed by atoms with Gasteiger partial charge in [0, 0.05) is 21.9 Å². The molecule has 8 heteroatoms. The molecule has 0 radical (unpaired) electrons. The minimum Gasteiger partial charge on any atom is -0.487 e. The normalized spacial score (nSPS) is 10.7. The molecule has 4 rings (SSSR count). The van der Waals surface area contributed by atoms with Crippen LogP contribution in [-0.2, 0) is 6.61 Å². The van der Waals surface area contributed by atoms with Crippen LogP contribution < -0.4 is 15.6 Å². The van der Waals surface area contributed by atoms with Crippen LogP contribution in [0, 0.1) is 13.8 Å². The number of nitrogens with one attached hydrogen (secondary N) is 2. The van der Waals surface area contributed by atoms with Crippen molar-refractivity contribution in [3.05, 3.63) is 81.5 Å². The largest absolute Gasteiger partial charge is 0.487 e. The standard InChI is InChI=1S/C22H19N3O4S/c1-13-18-8-3-4-9-19(18)29-20(13)22(27)25-24-21(26)15-6-5-7-17(10-15)28-11-16-12-30-14(2)23-16/h3-10,12H,11H2,1-2H3,(H,24,26)(H,25,27). The number of amides is 2. The zero-order valence-corrected chi connectivity index (χ0v) is 17.2. The first-order chi connectivity index (χ1) is 14.5. The van der Waals surface area contributed by atoms with Gasteiger partial charge in [-0.25, -0.2) is 4.98 Å². The zero-order valence-electron chi connectivity index (χ0n) is 16.4. The minimum absolute atomic E-state index is 0.159. The van der Waals surface area contributed by atoms with Crippen LogP contribution in [0.15, 0.2) is 58.3 Å². The number of rotatable bonds is 5. The van der Waals surface area contributed by atoms with Gasteiger partial charge in [-0.3, -0.25) is 20.4 Å². The predicted octanol–water partition coefficient (Wildman–Crippen LogP) is 4.16. The van der Waals surface area contributed by atoms with Gasteiger partial charge < -0.3 is 9.15 Å². The van der Waals surface area contributed by atoms with E-state index in [2.05, 4.69) is 15.8 Å². The summed E-state index contributed by atoms with van der Waals surface area (Å²) in [6.07, 6.45) is 0. The van der Waals surface area contributed by atoms with Gasteiger partial charge in [-0.15, -0.1) is 11.3 Å². The van der Waals surface area contributed by atoms with E-state index in [-0.39, 0.29) is 5.76 Å². The van der Waals surface area contributed by atoms with Gasteiger partial charge in [-0.1, -0.05) is 24.3 Å². The first kappa shape index (κ1) is 19.7. The van der Waals surface area contributed by atoms with Crippen LogP contribution >= 0.6 is 11.3 Å². The van der Waals surface area contributed by atoms with Crippen molar-refractivity contribution in [2.75, 3.05) is 0 Å². The summed E-state index contributed by atoms with van der Waals surface area (Å²) in [5.41, 5.74) is 7.32. The molecule has 0 bridgehead atoms. The Balaban J connectivity index is 1.38. The van der Waals surface area contributed by atoms with Crippen LogP contribution in [0.2, 0.25) is 0 Å². The Morgan fingerprint density at radius 3 is 2.63 bits per heavy atom. The molecular formula is C22H19N3O4S. The molecule has 0 fully saturated rings. The number of hydrogen-bond acceptors (Lipinski definition) is 6.